The van der Waals surface area contributed by atoms with E-state index in [2.05, 4.69) is 10.5 Å². The molecule has 0 bridgehead atoms. The molecule has 0 saturated heterocycles. The molecule has 3 aromatic rings. The summed E-state index contributed by atoms with van der Waals surface area (Å²) in [4.78, 5) is 13.2. The maximum Gasteiger partial charge on any atom is 0.271 e. The van der Waals surface area contributed by atoms with E-state index in [1.54, 1.807) is 24.3 Å². The van der Waals surface area contributed by atoms with Crippen LogP contribution in [0.3, 0.4) is 0 Å². The van der Waals surface area contributed by atoms with E-state index in [0.717, 1.165) is 11.1 Å². The third-order valence-corrected chi connectivity index (χ3v) is 5.73. The van der Waals surface area contributed by atoms with Gasteiger partial charge < -0.3 is 0 Å². The Morgan fingerprint density at radius 1 is 0.786 bits per heavy atom. The Bertz CT molecular complexity index is 941. The first kappa shape index (κ1) is 19.7. The number of rotatable bonds is 6. The second-order valence-corrected chi connectivity index (χ2v) is 8.51. The van der Waals surface area contributed by atoms with Crippen LogP contribution in [0, 0.1) is 0 Å². The molecule has 3 aromatic carbocycles. The number of carbonyl (C=O) groups excluding carboxylic acids is 1. The van der Waals surface area contributed by atoms with Gasteiger partial charge >= 0.3 is 0 Å². The number of nitrogens with one attached hydrogen (secondary N) is 1. The molecule has 0 aliphatic rings. The Labute approximate surface area is 167 Å². The lowest BCUT2D eigenvalue weighted by atomic mass is 10.0. The average molecular weight is 391 g/mol. The van der Waals surface area contributed by atoms with Crippen LogP contribution in [0.15, 0.2) is 94.9 Å². The summed E-state index contributed by atoms with van der Waals surface area (Å²) < 4.78 is 12.1. The fourth-order valence-corrected chi connectivity index (χ4v) is 3.62. The molecule has 1 amide bonds. The maximum absolute atomic E-state index is 12.5. The fourth-order valence-electron chi connectivity index (χ4n) is 2.67. The first-order valence-electron chi connectivity index (χ1n) is 9.06. The van der Waals surface area contributed by atoms with Gasteiger partial charge in [0.15, 0.2) is 0 Å². The highest BCUT2D eigenvalue weighted by molar-refractivity contribution is 7.85. The topological polar surface area (TPSA) is 58.5 Å². The van der Waals surface area contributed by atoms with Crippen LogP contribution in [0.2, 0.25) is 0 Å². The molecule has 28 heavy (non-hydrogen) atoms. The number of benzene rings is 3. The predicted octanol–water partition coefficient (Wildman–Crippen LogP) is 4.39. The van der Waals surface area contributed by atoms with Crippen molar-refractivity contribution in [2.24, 2.45) is 5.10 Å². The smallest absolute Gasteiger partial charge is 0.267 e. The molecular formula is C23H22N2O2S. The van der Waals surface area contributed by atoms with Crippen LogP contribution in [0.25, 0.3) is 0 Å². The molecule has 0 aromatic heterocycles. The maximum atomic E-state index is 12.5. The van der Waals surface area contributed by atoms with Crippen LogP contribution in [0.1, 0.15) is 35.3 Å². The predicted molar refractivity (Wildman–Crippen MR) is 114 cm³/mol. The van der Waals surface area contributed by atoms with E-state index in [0.29, 0.717) is 16.2 Å². The minimum Gasteiger partial charge on any atom is -0.267 e. The van der Waals surface area contributed by atoms with E-state index >= 15 is 0 Å². The van der Waals surface area contributed by atoms with Crippen LogP contribution in [0.5, 0.6) is 0 Å². The van der Waals surface area contributed by atoms with Gasteiger partial charge in [0.2, 0.25) is 0 Å². The molecule has 0 spiro atoms. The highest BCUT2D eigenvalue weighted by Gasteiger charge is 2.11. The molecule has 0 saturated carbocycles. The van der Waals surface area contributed by atoms with E-state index in [1.165, 1.54) is 0 Å². The first-order valence-corrected chi connectivity index (χ1v) is 10.3. The molecule has 3 rings (SSSR count). The lowest BCUT2D eigenvalue weighted by molar-refractivity contribution is 0.0955. The van der Waals surface area contributed by atoms with E-state index in [9.17, 15) is 9.00 Å². The van der Waals surface area contributed by atoms with Crippen molar-refractivity contribution in [2.45, 2.75) is 24.0 Å². The van der Waals surface area contributed by atoms with Crippen LogP contribution in [-0.4, -0.2) is 21.1 Å². The Morgan fingerprint density at radius 3 is 1.75 bits per heavy atom. The Hall–Kier alpha value is -3.05. The molecule has 1 N–H and O–H groups in total. The second kappa shape index (κ2) is 9.24. The van der Waals surface area contributed by atoms with Crippen LogP contribution in [0.4, 0.5) is 0 Å². The van der Waals surface area contributed by atoms with Gasteiger partial charge in [0.1, 0.15) is 0 Å². The fraction of sp³-hybridized carbons (Fsp3) is 0.130. The number of hydrogen-bond donors (Lipinski definition) is 1. The van der Waals surface area contributed by atoms with Gasteiger partial charge in [-0.1, -0.05) is 74.5 Å². The number of hydrogen-bond acceptors (Lipinski definition) is 3. The van der Waals surface area contributed by atoms with E-state index in [1.807, 2.05) is 74.5 Å². The summed E-state index contributed by atoms with van der Waals surface area (Å²) in [5.74, 6) is -0.314. The normalized spacial score (nSPS) is 11.7. The van der Waals surface area contributed by atoms with Crippen molar-refractivity contribution in [2.75, 3.05) is 0 Å². The van der Waals surface area contributed by atoms with E-state index in [4.69, 9.17) is 0 Å². The van der Waals surface area contributed by atoms with Crippen molar-refractivity contribution in [1.29, 1.82) is 0 Å². The number of amides is 1. The van der Waals surface area contributed by atoms with Crippen molar-refractivity contribution in [3.05, 3.63) is 102 Å². The Morgan fingerprint density at radius 2 is 1.29 bits per heavy atom. The van der Waals surface area contributed by atoms with Crippen LogP contribution < -0.4 is 5.43 Å². The van der Waals surface area contributed by atoms with Gasteiger partial charge in [0, 0.05) is 26.8 Å². The summed E-state index contributed by atoms with van der Waals surface area (Å²) >= 11 is 0. The van der Waals surface area contributed by atoms with Gasteiger partial charge in [-0.25, -0.2) is 5.43 Å². The van der Waals surface area contributed by atoms with Crippen molar-refractivity contribution in [3.8, 4) is 0 Å². The highest BCUT2D eigenvalue weighted by atomic mass is 32.2. The molecule has 0 fully saturated rings. The Balaban J connectivity index is 1.83. The summed E-state index contributed by atoms with van der Waals surface area (Å²) in [5.41, 5.74) is 5.62. The molecule has 5 heteroatoms. The zero-order chi connectivity index (χ0) is 19.9. The lowest BCUT2D eigenvalue weighted by Gasteiger charge is -2.09. The third-order valence-electron chi connectivity index (χ3n) is 4.14. The van der Waals surface area contributed by atoms with Crippen molar-refractivity contribution >= 4 is 22.4 Å². The number of hydrazone groups is 1. The molecule has 4 nitrogen and oxygen atoms in total. The monoisotopic (exact) mass is 390 g/mol. The van der Waals surface area contributed by atoms with Gasteiger partial charge in [-0.3, -0.25) is 9.00 Å². The molecule has 0 aliphatic heterocycles. The summed E-state index contributed by atoms with van der Waals surface area (Å²) in [5, 5.41) is 4.41. The van der Waals surface area contributed by atoms with Crippen LogP contribution in [-0.2, 0) is 10.8 Å². The zero-order valence-electron chi connectivity index (χ0n) is 15.8. The molecule has 1 unspecified atom stereocenters. The standard InChI is InChI=1S/C23H22N2O2S/c1-17(2)28(27)21-15-13-20(14-16-21)23(26)25-24-22(18-9-5-3-6-10-18)19-11-7-4-8-12-19/h3-17H,1-2H3,(H,25,26). The molecular weight excluding hydrogens is 368 g/mol. The zero-order valence-corrected chi connectivity index (χ0v) is 16.6. The summed E-state index contributed by atoms with van der Waals surface area (Å²) in [6, 6.07) is 26.2. The van der Waals surface area contributed by atoms with Crippen molar-refractivity contribution < 1.29 is 9.00 Å². The van der Waals surface area contributed by atoms with Gasteiger partial charge in [0.05, 0.1) is 16.5 Å². The summed E-state index contributed by atoms with van der Waals surface area (Å²) in [6.07, 6.45) is 0. The molecule has 0 aliphatic carbocycles. The minimum atomic E-state index is -1.08. The molecule has 0 heterocycles. The Kier molecular flexibility index (Phi) is 6.50. The SMILES string of the molecule is CC(C)S(=O)c1ccc(C(=O)NN=C(c2ccccc2)c2ccccc2)cc1. The van der Waals surface area contributed by atoms with Crippen molar-refractivity contribution in [1.82, 2.24) is 5.43 Å². The number of nitrogens with zero attached hydrogens (tertiary/aromatic N) is 1. The molecule has 142 valence electrons. The molecule has 0 radical (unpaired) electrons. The average Bonchev–Trinajstić information content (AvgIpc) is 2.75. The first-order chi connectivity index (χ1) is 13.6. The van der Waals surface area contributed by atoms with Gasteiger partial charge in [0.25, 0.3) is 5.91 Å². The number of carbonyl (C=O) groups is 1. The van der Waals surface area contributed by atoms with Gasteiger partial charge in [-0.05, 0) is 24.3 Å². The highest BCUT2D eigenvalue weighted by Crippen LogP contribution is 2.13. The van der Waals surface area contributed by atoms with Gasteiger partial charge in [-0.15, -0.1) is 0 Å². The quantitative estimate of drug-likeness (QED) is 0.501. The summed E-state index contributed by atoms with van der Waals surface area (Å²) in [7, 11) is -1.08. The van der Waals surface area contributed by atoms with Crippen LogP contribution >= 0.6 is 0 Å². The molecule has 1 atom stereocenters. The minimum absolute atomic E-state index is 0.0311. The third kappa shape index (κ3) is 4.81. The van der Waals surface area contributed by atoms with E-state index in [-0.39, 0.29) is 11.2 Å². The summed E-state index contributed by atoms with van der Waals surface area (Å²) in [6.45, 7) is 3.81. The largest absolute Gasteiger partial charge is 0.271 e. The van der Waals surface area contributed by atoms with Gasteiger partial charge in [-0.2, -0.15) is 5.10 Å². The lowest BCUT2D eigenvalue weighted by Crippen LogP contribution is -2.20. The van der Waals surface area contributed by atoms with E-state index < -0.39 is 10.8 Å². The van der Waals surface area contributed by atoms with Crippen molar-refractivity contribution in [3.63, 3.8) is 0 Å². The second-order valence-electron chi connectivity index (χ2n) is 6.50.